The Morgan fingerprint density at radius 2 is 2.21 bits per heavy atom. The summed E-state index contributed by atoms with van der Waals surface area (Å²) in [6.07, 6.45) is 1.22. The second-order valence-electron chi connectivity index (χ2n) is 4.28. The molecule has 0 atom stereocenters. The molecule has 0 saturated carbocycles. The van der Waals surface area contributed by atoms with Gasteiger partial charge < -0.3 is 15.5 Å². The summed E-state index contributed by atoms with van der Waals surface area (Å²) in [6, 6.07) is 3.74. The third-order valence-electron chi connectivity index (χ3n) is 2.84. The number of nitrogens with one attached hydrogen (secondary N) is 1. The van der Waals surface area contributed by atoms with Crippen molar-refractivity contribution in [3.8, 4) is 0 Å². The van der Waals surface area contributed by atoms with Crippen LogP contribution in [0.3, 0.4) is 0 Å². The molecule has 3 rings (SSSR count). The maximum absolute atomic E-state index is 11.3. The summed E-state index contributed by atoms with van der Waals surface area (Å²) in [5, 5.41) is 11.0. The van der Waals surface area contributed by atoms with Crippen molar-refractivity contribution in [2.45, 2.75) is 29.9 Å². The van der Waals surface area contributed by atoms with Gasteiger partial charge in [-0.05, 0) is 35.9 Å². The molecule has 6 nitrogen and oxygen atoms in total. The van der Waals surface area contributed by atoms with E-state index in [1.165, 1.54) is 11.8 Å². The number of nitrogen functional groups attached to an aromatic ring is 1. The summed E-state index contributed by atoms with van der Waals surface area (Å²) in [4.78, 5) is 12.2. The molecule has 2 aromatic rings. The van der Waals surface area contributed by atoms with E-state index < -0.39 is 0 Å². The lowest BCUT2D eigenvalue weighted by atomic mass is 10.0. The Hall–Kier alpha value is -2.02. The first-order chi connectivity index (χ1) is 9.11. The van der Waals surface area contributed by atoms with Gasteiger partial charge in [-0.1, -0.05) is 0 Å². The van der Waals surface area contributed by atoms with Crippen LogP contribution in [-0.2, 0) is 11.2 Å². The Morgan fingerprint density at radius 3 is 2.95 bits per heavy atom. The highest BCUT2D eigenvalue weighted by Gasteiger charge is 2.18. The van der Waals surface area contributed by atoms with Gasteiger partial charge in [0.15, 0.2) is 0 Å². The van der Waals surface area contributed by atoms with Crippen molar-refractivity contribution in [3.63, 3.8) is 0 Å². The van der Waals surface area contributed by atoms with Gasteiger partial charge in [-0.15, -0.1) is 10.2 Å². The van der Waals surface area contributed by atoms with Crippen LogP contribution >= 0.6 is 11.8 Å². The van der Waals surface area contributed by atoms with Crippen LogP contribution in [0.1, 0.15) is 17.9 Å². The summed E-state index contributed by atoms with van der Waals surface area (Å²) in [5.41, 5.74) is 8.44. The van der Waals surface area contributed by atoms with E-state index >= 15 is 0 Å². The van der Waals surface area contributed by atoms with Crippen molar-refractivity contribution in [2.75, 3.05) is 11.1 Å². The van der Waals surface area contributed by atoms with E-state index in [1.807, 2.05) is 6.07 Å². The molecule has 0 radical (unpaired) electrons. The van der Waals surface area contributed by atoms with E-state index in [-0.39, 0.29) is 5.91 Å². The zero-order valence-corrected chi connectivity index (χ0v) is 11.1. The van der Waals surface area contributed by atoms with Crippen LogP contribution in [0, 0.1) is 6.92 Å². The van der Waals surface area contributed by atoms with Crippen molar-refractivity contribution in [3.05, 3.63) is 23.6 Å². The molecule has 19 heavy (non-hydrogen) atoms. The summed E-state index contributed by atoms with van der Waals surface area (Å²) in [5.74, 6) is 0.547. The smallest absolute Gasteiger partial charge is 0.281 e. The van der Waals surface area contributed by atoms with Crippen LogP contribution < -0.4 is 11.1 Å². The Labute approximate surface area is 113 Å². The molecule has 1 aromatic heterocycles. The molecule has 0 aliphatic carbocycles. The molecule has 0 spiro atoms. The average molecular weight is 276 g/mol. The van der Waals surface area contributed by atoms with Gasteiger partial charge in [0.2, 0.25) is 11.8 Å². The topological polar surface area (TPSA) is 94.0 Å². The molecule has 0 bridgehead atoms. The number of hydrogen-bond donors (Lipinski definition) is 2. The highest BCUT2D eigenvalue weighted by molar-refractivity contribution is 7.99. The fourth-order valence-electron chi connectivity index (χ4n) is 1.92. The highest BCUT2D eigenvalue weighted by Crippen LogP contribution is 2.36. The van der Waals surface area contributed by atoms with Crippen molar-refractivity contribution in [1.82, 2.24) is 10.2 Å². The fraction of sp³-hybridized carbons (Fsp3) is 0.250. The SMILES string of the molecule is Cc1nnc(Sc2cc3c(cc2N)NC(=O)CC3)o1. The summed E-state index contributed by atoms with van der Waals surface area (Å²) < 4.78 is 5.32. The van der Waals surface area contributed by atoms with Gasteiger partial charge in [-0.3, -0.25) is 4.79 Å². The number of aromatic nitrogens is 2. The number of carbonyl (C=O) groups is 1. The molecule has 7 heteroatoms. The highest BCUT2D eigenvalue weighted by atomic mass is 32.2. The number of anilines is 2. The van der Waals surface area contributed by atoms with E-state index in [9.17, 15) is 4.79 Å². The molecule has 1 aromatic carbocycles. The van der Waals surface area contributed by atoms with Gasteiger partial charge in [0, 0.05) is 29.6 Å². The zero-order chi connectivity index (χ0) is 13.4. The van der Waals surface area contributed by atoms with E-state index in [0.717, 1.165) is 22.6 Å². The van der Waals surface area contributed by atoms with Gasteiger partial charge in [0.05, 0.1) is 0 Å². The Balaban J connectivity index is 1.92. The predicted octanol–water partition coefficient (Wildman–Crippen LogP) is 2.00. The lowest BCUT2D eigenvalue weighted by Gasteiger charge is -2.18. The lowest BCUT2D eigenvalue weighted by molar-refractivity contribution is -0.116. The minimum absolute atomic E-state index is 0.0276. The standard InChI is InChI=1S/C12H12N4O2S/c1-6-15-16-12(18-6)19-10-4-7-2-3-11(17)14-9(7)5-8(10)13/h4-5H,2-3,13H2,1H3,(H,14,17). The maximum atomic E-state index is 11.3. The van der Waals surface area contributed by atoms with Crippen molar-refractivity contribution in [2.24, 2.45) is 0 Å². The van der Waals surface area contributed by atoms with E-state index in [1.54, 1.807) is 13.0 Å². The Kier molecular flexibility index (Phi) is 2.90. The third kappa shape index (κ3) is 2.41. The van der Waals surface area contributed by atoms with Gasteiger partial charge in [-0.25, -0.2) is 0 Å². The number of nitrogens with two attached hydrogens (primary N) is 1. The monoisotopic (exact) mass is 276 g/mol. The Bertz CT molecular complexity index is 653. The number of rotatable bonds is 2. The van der Waals surface area contributed by atoms with Crippen LogP contribution in [0.25, 0.3) is 0 Å². The first-order valence-electron chi connectivity index (χ1n) is 5.82. The van der Waals surface area contributed by atoms with Gasteiger partial charge >= 0.3 is 0 Å². The van der Waals surface area contributed by atoms with Crippen LogP contribution in [0.4, 0.5) is 11.4 Å². The zero-order valence-electron chi connectivity index (χ0n) is 10.3. The molecule has 1 aliphatic heterocycles. The molecule has 98 valence electrons. The number of hydrogen-bond acceptors (Lipinski definition) is 6. The van der Waals surface area contributed by atoms with E-state index in [2.05, 4.69) is 15.5 Å². The molecule has 1 amide bonds. The normalized spacial score (nSPS) is 14.1. The maximum Gasteiger partial charge on any atom is 0.281 e. The number of nitrogens with zero attached hydrogens (tertiary/aromatic N) is 2. The quantitative estimate of drug-likeness (QED) is 0.815. The largest absolute Gasteiger partial charge is 0.416 e. The summed E-state index contributed by atoms with van der Waals surface area (Å²) in [7, 11) is 0. The minimum atomic E-state index is 0.0276. The van der Waals surface area contributed by atoms with Gasteiger partial charge in [0.1, 0.15) is 0 Å². The molecule has 2 heterocycles. The molecular weight excluding hydrogens is 264 g/mol. The van der Waals surface area contributed by atoms with Crippen molar-refractivity contribution >= 4 is 29.0 Å². The average Bonchev–Trinajstić information content (AvgIpc) is 2.76. The van der Waals surface area contributed by atoms with Crippen molar-refractivity contribution in [1.29, 1.82) is 0 Å². The van der Waals surface area contributed by atoms with Gasteiger partial charge in [-0.2, -0.15) is 0 Å². The fourth-order valence-corrected chi connectivity index (χ4v) is 2.73. The van der Waals surface area contributed by atoms with Crippen LogP contribution in [-0.4, -0.2) is 16.1 Å². The van der Waals surface area contributed by atoms with Crippen LogP contribution in [0.5, 0.6) is 0 Å². The molecule has 0 saturated heterocycles. The second kappa shape index (κ2) is 4.58. The number of aryl methyl sites for hydroxylation is 2. The third-order valence-corrected chi connectivity index (χ3v) is 3.75. The van der Waals surface area contributed by atoms with Crippen molar-refractivity contribution < 1.29 is 9.21 Å². The van der Waals surface area contributed by atoms with Gasteiger partial charge in [0.25, 0.3) is 5.22 Å². The van der Waals surface area contributed by atoms with E-state index in [4.69, 9.17) is 10.2 Å². The predicted molar refractivity (Wildman–Crippen MR) is 71.0 cm³/mol. The summed E-state index contributed by atoms with van der Waals surface area (Å²) >= 11 is 1.33. The van der Waals surface area contributed by atoms with Crippen LogP contribution in [0.15, 0.2) is 26.7 Å². The molecule has 0 fully saturated rings. The first-order valence-corrected chi connectivity index (χ1v) is 6.63. The summed E-state index contributed by atoms with van der Waals surface area (Å²) in [6.45, 7) is 1.74. The molecule has 1 aliphatic rings. The number of benzene rings is 1. The molecule has 0 unspecified atom stereocenters. The second-order valence-corrected chi connectivity index (χ2v) is 5.28. The number of fused-ring (bicyclic) bond motifs is 1. The van der Waals surface area contributed by atoms with Crippen LogP contribution in [0.2, 0.25) is 0 Å². The molecule has 3 N–H and O–H groups in total. The lowest BCUT2D eigenvalue weighted by Crippen LogP contribution is -2.19. The van der Waals surface area contributed by atoms with E-state index in [0.29, 0.717) is 23.2 Å². The number of amides is 1. The first kappa shape index (κ1) is 12.0. The number of carbonyl (C=O) groups excluding carboxylic acids is 1. The molecular formula is C12H12N4O2S. The minimum Gasteiger partial charge on any atom is -0.416 e. The Morgan fingerprint density at radius 1 is 1.37 bits per heavy atom.